The van der Waals surface area contributed by atoms with E-state index in [0.29, 0.717) is 0 Å². The summed E-state index contributed by atoms with van der Waals surface area (Å²) in [5, 5.41) is 0. The zero-order valence-corrected chi connectivity index (χ0v) is 14.5. The van der Waals surface area contributed by atoms with Crippen molar-refractivity contribution in [3.8, 4) is 0 Å². The van der Waals surface area contributed by atoms with Crippen LogP contribution in [-0.4, -0.2) is 20.9 Å². The van der Waals surface area contributed by atoms with Crippen LogP contribution in [0.4, 0.5) is 0 Å². The van der Waals surface area contributed by atoms with Crippen LogP contribution in [0.2, 0.25) is 0 Å². The summed E-state index contributed by atoms with van der Waals surface area (Å²) in [7, 11) is 0. The summed E-state index contributed by atoms with van der Waals surface area (Å²) in [4.78, 5) is 0. The number of hydrogen-bond donors (Lipinski definition) is 9. The standard InChI is InChI=1S/C4H9NS9/c6-1(7)2(8,9)4(12,13)5(14)3(1,10)11/h6-14H. The Balaban J connectivity index is 3.38. The molecular weight excluding hydrogens is 351 g/mol. The maximum atomic E-state index is 4.35. The molecule has 0 amide bonds. The molecule has 1 aliphatic heterocycles. The molecule has 0 aromatic rings. The zero-order chi connectivity index (χ0) is 11.6. The van der Waals surface area contributed by atoms with Gasteiger partial charge in [0.15, 0.2) is 0 Å². The highest BCUT2D eigenvalue weighted by Crippen LogP contribution is 2.69. The normalized spacial score (nSPS) is 33.2. The fraction of sp³-hybridized carbons (Fsp3) is 1.00. The Bertz CT molecular complexity index is 232. The fourth-order valence-corrected chi connectivity index (χ4v) is 4.94. The molecule has 10 heteroatoms. The molecule has 1 rings (SSSR count). The summed E-state index contributed by atoms with van der Waals surface area (Å²) < 4.78 is -2.89. The molecule has 0 aromatic heterocycles. The average Bonchev–Trinajstić information content (AvgIpc) is 2.05. The Hall–Kier alpha value is 3.11. The van der Waals surface area contributed by atoms with E-state index in [2.05, 4.69) is 114 Å². The van der Waals surface area contributed by atoms with Gasteiger partial charge in [-0.2, -0.15) is 54.8 Å². The number of rotatable bonds is 0. The summed E-state index contributed by atoms with van der Waals surface area (Å²) >= 11 is 38.9. The van der Waals surface area contributed by atoms with Crippen molar-refractivity contribution in [3.63, 3.8) is 0 Å². The Kier molecular flexibility index (Phi) is 4.40. The van der Waals surface area contributed by atoms with E-state index < -0.39 is 16.6 Å². The van der Waals surface area contributed by atoms with Crippen LogP contribution in [0.3, 0.4) is 0 Å². The third-order valence-electron chi connectivity index (χ3n) is 2.01. The van der Waals surface area contributed by atoms with Gasteiger partial charge in [0.05, 0.1) is 0 Å². The van der Waals surface area contributed by atoms with Crippen molar-refractivity contribution in [2.24, 2.45) is 0 Å². The molecule has 1 nitrogen and oxygen atoms in total. The van der Waals surface area contributed by atoms with Crippen molar-refractivity contribution in [1.29, 1.82) is 0 Å². The van der Waals surface area contributed by atoms with Gasteiger partial charge in [0.2, 0.25) is 0 Å². The lowest BCUT2D eigenvalue weighted by molar-refractivity contribution is 0.478. The first kappa shape index (κ1) is 15.2. The second-order valence-electron chi connectivity index (χ2n) is 2.93. The van der Waals surface area contributed by atoms with E-state index in [-0.39, 0.29) is 0 Å². The highest BCUT2D eigenvalue weighted by molar-refractivity contribution is 8.15. The van der Waals surface area contributed by atoms with Gasteiger partial charge in [-0.25, -0.2) is 0 Å². The van der Waals surface area contributed by atoms with Gasteiger partial charge in [0.1, 0.15) is 16.6 Å². The lowest BCUT2D eigenvalue weighted by atomic mass is 10.3. The molecule has 0 atom stereocenters. The predicted molar refractivity (Wildman–Crippen MR) is 93.6 cm³/mol. The minimum atomic E-state index is -1.07. The van der Waals surface area contributed by atoms with Gasteiger partial charge < -0.3 is 0 Å². The molecule has 0 bridgehead atoms. The predicted octanol–water partition coefficient (Wildman–Crippen LogP) is 2.29. The molecule has 0 aliphatic carbocycles. The molecule has 0 aromatic carbocycles. The molecule has 0 spiro atoms. The van der Waals surface area contributed by atoms with E-state index in [0.717, 1.165) is 0 Å². The molecular formula is C4H9NS9. The maximum absolute atomic E-state index is 4.35. The fourth-order valence-electron chi connectivity index (χ4n) is 0.980. The Morgan fingerprint density at radius 2 is 0.786 bits per heavy atom. The third-order valence-corrected chi connectivity index (χ3v) is 10.1. The van der Waals surface area contributed by atoms with E-state index in [1.807, 2.05) is 0 Å². The first-order valence-corrected chi connectivity index (χ1v) is 7.16. The van der Waals surface area contributed by atoms with Crippen LogP contribution in [0.25, 0.3) is 0 Å². The van der Waals surface area contributed by atoms with E-state index in [1.54, 1.807) is 0 Å². The number of nitrogens with zero attached hydrogens (tertiary/aromatic N) is 1. The molecule has 0 radical (unpaired) electrons. The first-order chi connectivity index (χ1) is 5.90. The minimum absolute atomic E-state index is 1.07. The van der Waals surface area contributed by atoms with Crippen molar-refractivity contribution < 1.29 is 0 Å². The lowest BCUT2D eigenvalue weighted by Crippen LogP contribution is -2.46. The molecule has 1 fully saturated rings. The minimum Gasteiger partial charge on any atom is -0.199 e. The molecule has 0 N–H and O–H groups in total. The average molecular weight is 360 g/mol. The monoisotopic (exact) mass is 359 g/mol. The summed E-state index contributed by atoms with van der Waals surface area (Å²) in [6.45, 7) is 0. The summed E-state index contributed by atoms with van der Waals surface area (Å²) in [5.41, 5.74) is 0. The Morgan fingerprint density at radius 3 is 0.857 bits per heavy atom. The molecule has 84 valence electrons. The van der Waals surface area contributed by atoms with Crippen molar-refractivity contribution in [2.75, 3.05) is 0 Å². The first-order valence-electron chi connectivity index (χ1n) is 3.19. The van der Waals surface area contributed by atoms with E-state index in [4.69, 9.17) is 0 Å². The van der Waals surface area contributed by atoms with Crippen LogP contribution in [0.5, 0.6) is 0 Å². The highest BCUT2D eigenvalue weighted by Gasteiger charge is 2.73. The largest absolute Gasteiger partial charge is 0.199 e. The number of hydrogen-bond acceptors (Lipinski definition) is 10. The van der Waals surface area contributed by atoms with Crippen molar-refractivity contribution >= 4 is 114 Å². The molecule has 1 heterocycles. The quantitative estimate of drug-likeness (QED) is 0.237. The molecule has 1 aliphatic rings. The van der Waals surface area contributed by atoms with Gasteiger partial charge in [-0.15, -0.1) is 50.5 Å². The maximum Gasteiger partial charge on any atom is 0.145 e. The van der Waals surface area contributed by atoms with Crippen LogP contribution < -0.4 is 0 Å². The van der Waals surface area contributed by atoms with Gasteiger partial charge in [-0.1, -0.05) is 12.8 Å². The van der Waals surface area contributed by atoms with Crippen LogP contribution in [-0.2, 0) is 0 Å². The van der Waals surface area contributed by atoms with Gasteiger partial charge in [0, 0.05) is 0 Å². The van der Waals surface area contributed by atoms with E-state index >= 15 is 0 Å². The van der Waals surface area contributed by atoms with Gasteiger partial charge in [-0.05, 0) is 0 Å². The van der Waals surface area contributed by atoms with Crippen molar-refractivity contribution in [3.05, 3.63) is 0 Å². The second kappa shape index (κ2) is 4.06. The topological polar surface area (TPSA) is 3.24 Å². The summed E-state index contributed by atoms with van der Waals surface area (Å²) in [5.74, 6) is 0. The zero-order valence-electron chi connectivity index (χ0n) is 6.47. The molecule has 14 heavy (non-hydrogen) atoms. The van der Waals surface area contributed by atoms with Crippen LogP contribution in [0, 0.1) is 0 Å². The van der Waals surface area contributed by atoms with Crippen LogP contribution in [0.1, 0.15) is 0 Å². The SMILES string of the molecule is SN1C(S)(S)C(S)(S)C(S)(S)C1(S)S. The van der Waals surface area contributed by atoms with Crippen LogP contribution >= 0.6 is 114 Å². The number of thiol groups is 9. The Morgan fingerprint density at radius 1 is 0.571 bits per heavy atom. The van der Waals surface area contributed by atoms with Gasteiger partial charge >= 0.3 is 0 Å². The van der Waals surface area contributed by atoms with Crippen molar-refractivity contribution in [2.45, 2.75) is 16.6 Å². The summed E-state index contributed by atoms with van der Waals surface area (Å²) in [6, 6.07) is 0. The van der Waals surface area contributed by atoms with Crippen LogP contribution in [0.15, 0.2) is 0 Å². The summed E-state index contributed by atoms with van der Waals surface area (Å²) in [6.07, 6.45) is 0. The molecule has 1 saturated heterocycles. The third kappa shape index (κ3) is 1.70. The Labute approximate surface area is 133 Å². The van der Waals surface area contributed by atoms with Gasteiger partial charge in [-0.3, -0.25) is 0 Å². The lowest BCUT2D eigenvalue weighted by Gasteiger charge is -2.38. The molecule has 0 unspecified atom stereocenters. The highest BCUT2D eigenvalue weighted by atomic mass is 32.2. The van der Waals surface area contributed by atoms with Crippen molar-refractivity contribution in [1.82, 2.24) is 4.31 Å². The second-order valence-corrected chi connectivity index (χ2v) is 10.0. The smallest absolute Gasteiger partial charge is 0.145 e. The molecule has 0 saturated carbocycles. The van der Waals surface area contributed by atoms with E-state index in [1.165, 1.54) is 4.31 Å². The van der Waals surface area contributed by atoms with E-state index in [9.17, 15) is 0 Å². The van der Waals surface area contributed by atoms with Gasteiger partial charge in [0.25, 0.3) is 0 Å².